The monoisotopic (exact) mass is 426 g/mol. The van der Waals surface area contributed by atoms with Crippen molar-refractivity contribution in [3.05, 3.63) is 65.5 Å². The molecule has 2 aliphatic heterocycles. The van der Waals surface area contributed by atoms with Crippen LogP contribution in [-0.2, 0) is 6.54 Å². The van der Waals surface area contributed by atoms with Gasteiger partial charge in [-0.3, -0.25) is 14.6 Å². The summed E-state index contributed by atoms with van der Waals surface area (Å²) in [7, 11) is 1.62. The van der Waals surface area contributed by atoms with Gasteiger partial charge in [-0.05, 0) is 74.3 Å². The molecule has 6 heteroatoms. The summed E-state index contributed by atoms with van der Waals surface area (Å²) in [4.78, 5) is 17.4. The van der Waals surface area contributed by atoms with Gasteiger partial charge in [0.05, 0.1) is 13.2 Å². The molecule has 4 rings (SSSR count). The van der Waals surface area contributed by atoms with Crippen LogP contribution in [0, 0.1) is 11.7 Å². The number of likely N-dealkylation sites (tertiary alicyclic amines) is 2. The van der Waals surface area contributed by atoms with Gasteiger partial charge < -0.3 is 9.84 Å². The van der Waals surface area contributed by atoms with Gasteiger partial charge in [0.25, 0.3) is 0 Å². The molecule has 0 spiro atoms. The molecule has 0 radical (unpaired) electrons. The zero-order valence-corrected chi connectivity index (χ0v) is 18.0. The van der Waals surface area contributed by atoms with E-state index in [0.29, 0.717) is 6.54 Å². The van der Waals surface area contributed by atoms with E-state index in [-0.39, 0.29) is 23.6 Å². The molecule has 0 aliphatic carbocycles. The van der Waals surface area contributed by atoms with Crippen LogP contribution in [0.25, 0.3) is 0 Å². The smallest absolute Gasteiger partial charge is 0.166 e. The van der Waals surface area contributed by atoms with E-state index in [0.717, 1.165) is 62.3 Å². The predicted molar refractivity (Wildman–Crippen MR) is 118 cm³/mol. The van der Waals surface area contributed by atoms with Crippen molar-refractivity contribution in [2.45, 2.75) is 38.0 Å². The first kappa shape index (κ1) is 21.9. The Morgan fingerprint density at radius 2 is 1.71 bits per heavy atom. The number of carbonyl (C=O) groups excluding carboxylic acids is 1. The van der Waals surface area contributed by atoms with Gasteiger partial charge in [-0.25, -0.2) is 4.39 Å². The number of methoxy groups -OCH3 is 1. The number of carbonyl (C=O) groups is 1. The lowest BCUT2D eigenvalue weighted by molar-refractivity contribution is -0.0251. The minimum absolute atomic E-state index is 0.0420. The fraction of sp³-hybridized carbons (Fsp3) is 0.480. The Bertz CT molecular complexity index is 863. The van der Waals surface area contributed by atoms with Crippen LogP contribution >= 0.6 is 0 Å². The Kier molecular flexibility index (Phi) is 7.00. The summed E-state index contributed by atoms with van der Waals surface area (Å²) >= 11 is 0. The molecule has 0 amide bonds. The number of benzene rings is 2. The Morgan fingerprint density at radius 1 is 1.03 bits per heavy atom. The van der Waals surface area contributed by atoms with Crippen molar-refractivity contribution in [2.24, 2.45) is 5.92 Å². The number of aliphatic hydroxyl groups excluding tert-OH is 1. The first-order chi connectivity index (χ1) is 15.0. The number of hydrogen-bond acceptors (Lipinski definition) is 5. The molecule has 166 valence electrons. The van der Waals surface area contributed by atoms with Gasteiger partial charge in [-0.15, -0.1) is 0 Å². The van der Waals surface area contributed by atoms with Gasteiger partial charge in [0.2, 0.25) is 0 Å². The van der Waals surface area contributed by atoms with Crippen molar-refractivity contribution in [2.75, 3.05) is 33.3 Å². The van der Waals surface area contributed by atoms with Crippen LogP contribution in [0.2, 0.25) is 0 Å². The lowest BCUT2D eigenvalue weighted by Gasteiger charge is -2.44. The lowest BCUT2D eigenvalue weighted by atomic mass is 9.87. The van der Waals surface area contributed by atoms with Gasteiger partial charge in [0, 0.05) is 37.2 Å². The zero-order valence-electron chi connectivity index (χ0n) is 18.0. The summed E-state index contributed by atoms with van der Waals surface area (Å²) < 4.78 is 18.3. The summed E-state index contributed by atoms with van der Waals surface area (Å²) in [6.45, 7) is 3.93. The molecular formula is C25H31FN2O3. The third kappa shape index (κ3) is 5.32. The summed E-state index contributed by atoms with van der Waals surface area (Å²) in [6, 6.07) is 14.1. The second-order valence-electron chi connectivity index (χ2n) is 8.69. The van der Waals surface area contributed by atoms with Gasteiger partial charge in [0.1, 0.15) is 11.6 Å². The van der Waals surface area contributed by atoms with Crippen LogP contribution in [0.5, 0.6) is 5.75 Å². The number of hydrogen-bond donors (Lipinski definition) is 1. The van der Waals surface area contributed by atoms with Crippen molar-refractivity contribution >= 4 is 5.78 Å². The second kappa shape index (κ2) is 9.90. The van der Waals surface area contributed by atoms with E-state index in [1.165, 1.54) is 12.1 Å². The van der Waals surface area contributed by atoms with Crippen molar-refractivity contribution in [1.82, 2.24) is 9.80 Å². The molecule has 2 aromatic rings. The van der Waals surface area contributed by atoms with Crippen LogP contribution in [0.3, 0.4) is 0 Å². The van der Waals surface area contributed by atoms with Crippen LogP contribution < -0.4 is 4.74 Å². The number of rotatable bonds is 6. The number of halogens is 1. The maximum absolute atomic E-state index is 13.1. The normalized spacial score (nSPS) is 23.6. The first-order valence-electron chi connectivity index (χ1n) is 11.1. The number of ether oxygens (including phenoxy) is 1. The lowest BCUT2D eigenvalue weighted by Crippen LogP contribution is -2.55. The number of piperidine rings is 2. The highest BCUT2D eigenvalue weighted by Gasteiger charge is 2.35. The maximum Gasteiger partial charge on any atom is 0.166 e. The molecule has 0 bridgehead atoms. The topological polar surface area (TPSA) is 53.0 Å². The molecule has 2 aliphatic rings. The molecule has 1 N–H and O–H groups in total. The molecule has 0 aromatic heterocycles. The van der Waals surface area contributed by atoms with E-state index in [2.05, 4.69) is 9.80 Å². The molecule has 2 aromatic carbocycles. The molecule has 2 fully saturated rings. The standard InChI is InChI=1S/C25H31FN2O3/c1-31-22-8-4-19(5-9-22)25(30)20-10-14-28(15-11-20)23-12-13-27(17-24(23)29)16-18-2-6-21(26)7-3-18/h2-9,20,23-24,29H,10-17H2,1H3. The SMILES string of the molecule is COc1ccc(C(=O)C2CCN(C3CCN(Cc4ccc(F)cc4)CC3O)CC2)cc1. The summed E-state index contributed by atoms with van der Waals surface area (Å²) in [6.07, 6.45) is 2.14. The summed E-state index contributed by atoms with van der Waals surface area (Å²) in [5, 5.41) is 10.8. The van der Waals surface area contributed by atoms with Gasteiger partial charge in [0.15, 0.2) is 5.78 Å². The quantitative estimate of drug-likeness (QED) is 0.718. The van der Waals surface area contributed by atoms with Crippen molar-refractivity contribution < 1.29 is 19.0 Å². The third-order valence-electron chi connectivity index (χ3n) is 6.69. The van der Waals surface area contributed by atoms with E-state index in [1.54, 1.807) is 19.2 Å². The Morgan fingerprint density at radius 3 is 2.32 bits per heavy atom. The van der Waals surface area contributed by atoms with Crippen molar-refractivity contribution in [1.29, 1.82) is 0 Å². The van der Waals surface area contributed by atoms with E-state index in [1.807, 2.05) is 24.3 Å². The zero-order chi connectivity index (χ0) is 21.8. The van der Waals surface area contributed by atoms with E-state index >= 15 is 0 Å². The minimum Gasteiger partial charge on any atom is -0.497 e. The highest BCUT2D eigenvalue weighted by molar-refractivity contribution is 5.98. The largest absolute Gasteiger partial charge is 0.497 e. The van der Waals surface area contributed by atoms with Crippen LogP contribution in [0.15, 0.2) is 48.5 Å². The molecule has 0 saturated carbocycles. The van der Waals surface area contributed by atoms with E-state index < -0.39 is 6.10 Å². The molecule has 2 saturated heterocycles. The van der Waals surface area contributed by atoms with Crippen LogP contribution in [0.1, 0.15) is 35.2 Å². The first-order valence-corrected chi connectivity index (χ1v) is 11.1. The predicted octanol–water partition coefficient (Wildman–Crippen LogP) is 3.36. The second-order valence-corrected chi connectivity index (χ2v) is 8.69. The van der Waals surface area contributed by atoms with Crippen molar-refractivity contribution in [3.63, 3.8) is 0 Å². The molecule has 5 nitrogen and oxygen atoms in total. The van der Waals surface area contributed by atoms with Gasteiger partial charge >= 0.3 is 0 Å². The number of nitrogens with zero attached hydrogens (tertiary/aromatic N) is 2. The van der Waals surface area contributed by atoms with E-state index in [4.69, 9.17) is 4.74 Å². The molecule has 2 atom stereocenters. The summed E-state index contributed by atoms with van der Waals surface area (Å²) in [5.74, 6) is 0.778. The van der Waals surface area contributed by atoms with Crippen LogP contribution in [-0.4, -0.2) is 66.1 Å². The number of Topliss-reactive ketones (excluding diaryl/α,β-unsaturated/α-hetero) is 1. The number of ketones is 1. The Balaban J connectivity index is 1.27. The fourth-order valence-corrected chi connectivity index (χ4v) is 4.89. The molecule has 2 heterocycles. The molecule has 31 heavy (non-hydrogen) atoms. The number of aliphatic hydroxyl groups is 1. The number of β-amino-alcohol motifs (C(OH)–C–C–N with tert-alkyl or cyclic N) is 1. The minimum atomic E-state index is -0.414. The third-order valence-corrected chi connectivity index (χ3v) is 6.69. The molecule has 2 unspecified atom stereocenters. The highest BCUT2D eigenvalue weighted by Crippen LogP contribution is 2.27. The van der Waals surface area contributed by atoms with Crippen LogP contribution in [0.4, 0.5) is 4.39 Å². The average molecular weight is 427 g/mol. The maximum atomic E-state index is 13.1. The fourth-order valence-electron chi connectivity index (χ4n) is 4.89. The van der Waals surface area contributed by atoms with Gasteiger partial charge in [-0.2, -0.15) is 0 Å². The highest BCUT2D eigenvalue weighted by atomic mass is 19.1. The van der Waals surface area contributed by atoms with E-state index in [9.17, 15) is 14.3 Å². The summed E-state index contributed by atoms with van der Waals surface area (Å²) in [5.41, 5.74) is 1.80. The van der Waals surface area contributed by atoms with Crippen molar-refractivity contribution in [3.8, 4) is 5.75 Å². The Hall–Kier alpha value is -2.28. The average Bonchev–Trinajstić information content (AvgIpc) is 2.80. The Labute approximate surface area is 183 Å². The van der Waals surface area contributed by atoms with Gasteiger partial charge in [-0.1, -0.05) is 12.1 Å². The molecular weight excluding hydrogens is 395 g/mol.